The first-order valence-corrected chi connectivity index (χ1v) is 5.72. The van der Waals surface area contributed by atoms with Gasteiger partial charge < -0.3 is 10.2 Å². The van der Waals surface area contributed by atoms with E-state index in [1.54, 1.807) is 18.2 Å². The third-order valence-electron chi connectivity index (χ3n) is 1.90. The lowest BCUT2D eigenvalue weighted by Crippen LogP contribution is -2.13. The van der Waals surface area contributed by atoms with Crippen molar-refractivity contribution in [3.63, 3.8) is 0 Å². The molecular formula is C11H10O5S. The molecule has 0 amide bonds. The summed E-state index contributed by atoms with van der Waals surface area (Å²) in [6.45, 7) is 0. The second-order valence-electron chi connectivity index (χ2n) is 3.12. The van der Waals surface area contributed by atoms with Crippen LogP contribution in [0, 0.1) is 0 Å². The third-order valence-corrected chi connectivity index (χ3v) is 2.97. The van der Waals surface area contributed by atoms with Crippen molar-refractivity contribution in [2.75, 3.05) is 5.75 Å². The van der Waals surface area contributed by atoms with Crippen LogP contribution in [0.5, 0.6) is 0 Å². The van der Waals surface area contributed by atoms with Crippen LogP contribution in [0.4, 0.5) is 0 Å². The molecule has 0 atom stereocenters. The Labute approximate surface area is 101 Å². The fourth-order valence-corrected chi connectivity index (χ4v) is 2.13. The molecular weight excluding hydrogens is 244 g/mol. The number of thioether (sulfide) groups is 1. The Kier molecular flexibility index (Phi) is 4.71. The van der Waals surface area contributed by atoms with Crippen LogP contribution in [-0.2, 0) is 9.59 Å². The molecule has 0 saturated heterocycles. The molecule has 0 fully saturated rings. The Bertz CT molecular complexity index is 455. The van der Waals surface area contributed by atoms with Crippen molar-refractivity contribution in [1.82, 2.24) is 0 Å². The molecule has 6 heteroatoms. The molecule has 0 bridgehead atoms. The Morgan fingerprint density at radius 2 is 1.76 bits per heavy atom. The number of rotatable bonds is 6. The maximum absolute atomic E-state index is 11.3. The van der Waals surface area contributed by atoms with Gasteiger partial charge >= 0.3 is 11.9 Å². The summed E-state index contributed by atoms with van der Waals surface area (Å²) in [4.78, 5) is 32.7. The number of ketones is 1. The largest absolute Gasteiger partial charge is 0.481 e. The molecule has 1 aromatic carbocycles. The second-order valence-corrected chi connectivity index (χ2v) is 4.26. The van der Waals surface area contributed by atoms with Crippen molar-refractivity contribution in [2.45, 2.75) is 11.3 Å². The van der Waals surface area contributed by atoms with E-state index in [2.05, 4.69) is 0 Å². The lowest BCUT2D eigenvalue weighted by Gasteiger charge is -2.04. The number of carboxylic acid groups (broad SMARTS) is 2. The summed E-state index contributed by atoms with van der Waals surface area (Å²) in [6.07, 6.45) is -0.0414. The molecule has 0 unspecified atom stereocenters. The molecule has 0 aliphatic heterocycles. The molecule has 2 N–H and O–H groups in total. The van der Waals surface area contributed by atoms with Gasteiger partial charge in [-0.3, -0.25) is 9.59 Å². The molecule has 0 radical (unpaired) electrons. The van der Waals surface area contributed by atoms with Crippen molar-refractivity contribution < 1.29 is 24.6 Å². The van der Waals surface area contributed by atoms with Crippen LogP contribution in [-0.4, -0.2) is 33.7 Å². The van der Waals surface area contributed by atoms with Crippen LogP contribution in [0.15, 0.2) is 29.2 Å². The minimum absolute atomic E-state index is 0.0414. The zero-order chi connectivity index (χ0) is 12.8. The molecule has 0 spiro atoms. The number of carbonyl (C=O) groups excluding carboxylic acids is 1. The predicted octanol–water partition coefficient (Wildman–Crippen LogP) is 1.52. The molecule has 90 valence electrons. The van der Waals surface area contributed by atoms with Crippen molar-refractivity contribution in [3.8, 4) is 0 Å². The molecule has 5 nitrogen and oxygen atoms in total. The van der Waals surface area contributed by atoms with E-state index >= 15 is 0 Å². The van der Waals surface area contributed by atoms with Crippen LogP contribution < -0.4 is 0 Å². The first-order chi connectivity index (χ1) is 8.02. The van der Waals surface area contributed by atoms with Crippen LogP contribution in [0.3, 0.4) is 0 Å². The van der Waals surface area contributed by atoms with Crippen LogP contribution in [0.25, 0.3) is 0 Å². The highest BCUT2D eigenvalue weighted by Crippen LogP contribution is 2.23. The van der Waals surface area contributed by atoms with Crippen LogP contribution >= 0.6 is 11.8 Å². The van der Waals surface area contributed by atoms with E-state index in [1.165, 1.54) is 6.07 Å². The van der Waals surface area contributed by atoms with Crippen molar-refractivity contribution >= 4 is 29.5 Å². The van der Waals surface area contributed by atoms with Gasteiger partial charge in [-0.2, -0.15) is 0 Å². The number of aliphatic carboxylic acids is 2. The van der Waals surface area contributed by atoms with Crippen molar-refractivity contribution in [3.05, 3.63) is 29.8 Å². The molecule has 0 aliphatic carbocycles. The number of hydrogen-bond acceptors (Lipinski definition) is 4. The fraction of sp³-hybridized carbons (Fsp3) is 0.182. The third kappa shape index (κ3) is 3.92. The van der Waals surface area contributed by atoms with E-state index in [0.29, 0.717) is 10.6 Å². The highest BCUT2D eigenvalue weighted by atomic mass is 32.2. The molecule has 0 heterocycles. The van der Waals surface area contributed by atoms with Crippen LogP contribution in [0.1, 0.15) is 16.8 Å². The summed E-state index contributed by atoms with van der Waals surface area (Å²) >= 11 is 1.16. The zero-order valence-corrected chi connectivity index (χ0v) is 9.57. The average molecular weight is 254 g/mol. The van der Waals surface area contributed by atoms with E-state index in [4.69, 9.17) is 10.2 Å². The van der Waals surface area contributed by atoms with E-state index in [-0.39, 0.29) is 12.0 Å². The van der Waals surface area contributed by atoms with E-state index in [1.807, 2.05) is 0 Å². The van der Waals surface area contributed by atoms with E-state index in [0.717, 1.165) is 11.8 Å². The summed E-state index contributed by atoms with van der Waals surface area (Å²) in [6, 6.07) is 6.25. The maximum atomic E-state index is 11.3. The Hall–Kier alpha value is -1.82. The lowest BCUT2D eigenvalue weighted by atomic mass is 10.1. The van der Waals surface area contributed by atoms with E-state index in [9.17, 15) is 14.4 Å². The van der Waals surface area contributed by atoms with Gasteiger partial charge in [-0.25, -0.2) is 4.79 Å². The Balaban J connectivity index is 2.81. The summed E-state index contributed by atoms with van der Waals surface area (Å²) < 4.78 is 0. The quantitative estimate of drug-likeness (QED) is 0.454. The lowest BCUT2D eigenvalue weighted by molar-refractivity contribution is -0.136. The van der Waals surface area contributed by atoms with Gasteiger partial charge in [0.25, 0.3) is 5.78 Å². The number of carbonyl (C=O) groups is 3. The first-order valence-electron chi connectivity index (χ1n) is 4.73. The monoisotopic (exact) mass is 254 g/mol. The normalized spacial score (nSPS) is 9.88. The van der Waals surface area contributed by atoms with Crippen molar-refractivity contribution in [2.24, 2.45) is 0 Å². The van der Waals surface area contributed by atoms with Gasteiger partial charge in [0.1, 0.15) is 0 Å². The predicted molar refractivity (Wildman–Crippen MR) is 61.4 cm³/mol. The number of benzene rings is 1. The zero-order valence-electron chi connectivity index (χ0n) is 8.75. The molecule has 0 aliphatic rings. The topological polar surface area (TPSA) is 91.7 Å². The van der Waals surface area contributed by atoms with Gasteiger partial charge in [0.2, 0.25) is 0 Å². The second kappa shape index (κ2) is 6.05. The maximum Gasteiger partial charge on any atom is 0.377 e. The van der Waals surface area contributed by atoms with Gasteiger partial charge in [-0.15, -0.1) is 11.8 Å². The Morgan fingerprint density at radius 1 is 1.12 bits per heavy atom. The van der Waals surface area contributed by atoms with Gasteiger partial charge in [0.15, 0.2) is 0 Å². The first kappa shape index (κ1) is 13.2. The molecule has 17 heavy (non-hydrogen) atoms. The van der Waals surface area contributed by atoms with Crippen LogP contribution in [0.2, 0.25) is 0 Å². The minimum atomic E-state index is -1.52. The molecule has 1 aromatic rings. The van der Waals surface area contributed by atoms with Crippen molar-refractivity contribution in [1.29, 1.82) is 0 Å². The standard InChI is InChI=1S/C11H10O5S/c12-9(13)5-6-17-8-4-2-1-3-7(8)10(14)11(15)16/h1-4H,5-6H2,(H,12,13)(H,15,16). The smallest absolute Gasteiger partial charge is 0.377 e. The summed E-state index contributed by atoms with van der Waals surface area (Å²) in [5.41, 5.74) is 0.0930. The summed E-state index contributed by atoms with van der Waals surface area (Å²) in [7, 11) is 0. The Morgan fingerprint density at radius 3 is 2.35 bits per heavy atom. The van der Waals surface area contributed by atoms with E-state index < -0.39 is 17.7 Å². The van der Waals surface area contributed by atoms with Gasteiger partial charge in [-0.05, 0) is 12.1 Å². The van der Waals surface area contributed by atoms with Gasteiger partial charge in [0.05, 0.1) is 6.42 Å². The number of Topliss-reactive ketones (excluding diaryl/α,β-unsaturated/α-hetero) is 1. The highest BCUT2D eigenvalue weighted by Gasteiger charge is 2.18. The SMILES string of the molecule is O=C(O)CCSc1ccccc1C(=O)C(=O)O. The summed E-state index contributed by atoms with van der Waals surface area (Å²) in [5.74, 6) is -3.14. The van der Waals surface area contributed by atoms with Gasteiger partial charge in [-0.1, -0.05) is 12.1 Å². The fourth-order valence-electron chi connectivity index (χ4n) is 1.14. The summed E-state index contributed by atoms with van der Waals surface area (Å²) in [5, 5.41) is 17.1. The average Bonchev–Trinajstić information content (AvgIpc) is 2.28. The number of hydrogen-bond donors (Lipinski definition) is 2. The molecule has 0 aromatic heterocycles. The molecule has 0 saturated carbocycles. The minimum Gasteiger partial charge on any atom is -0.481 e. The number of carboxylic acids is 2. The highest BCUT2D eigenvalue weighted by molar-refractivity contribution is 7.99. The molecule has 1 rings (SSSR count). The van der Waals surface area contributed by atoms with Gasteiger partial charge in [0, 0.05) is 16.2 Å².